The summed E-state index contributed by atoms with van der Waals surface area (Å²) in [6, 6.07) is 7.10. The highest BCUT2D eigenvalue weighted by atomic mass is 35.5. The highest BCUT2D eigenvalue weighted by Crippen LogP contribution is 2.09. The number of hydrogen-bond donors (Lipinski definition) is 3. The molecule has 15 heavy (non-hydrogen) atoms. The Morgan fingerprint density at radius 3 is 2.60 bits per heavy atom. The Bertz CT molecular complexity index is 373. The third-order valence-electron chi connectivity index (χ3n) is 1.78. The van der Waals surface area contributed by atoms with Crippen LogP contribution in [0, 0.1) is 5.41 Å². The van der Waals surface area contributed by atoms with Gasteiger partial charge in [0.2, 0.25) is 0 Å². The fourth-order valence-corrected chi connectivity index (χ4v) is 1.09. The monoisotopic (exact) mass is 227 g/mol. The lowest BCUT2D eigenvalue weighted by atomic mass is 10.2. The second-order valence-corrected chi connectivity index (χ2v) is 3.32. The maximum absolute atomic E-state index is 12.7. The first-order valence-electron chi connectivity index (χ1n) is 4.27. The Kier molecular flexibility index (Phi) is 4.12. The van der Waals surface area contributed by atoms with Crippen molar-refractivity contribution in [3.8, 4) is 0 Å². The van der Waals surface area contributed by atoms with Crippen molar-refractivity contribution in [3.05, 3.63) is 46.5 Å². The normalized spacial score (nSPS) is 11.9. The molecule has 0 saturated carbocycles. The van der Waals surface area contributed by atoms with E-state index in [1.54, 1.807) is 12.1 Å². The zero-order chi connectivity index (χ0) is 11.3. The minimum absolute atomic E-state index is 0.139. The number of nitrogens with two attached hydrogens (primary N) is 1. The van der Waals surface area contributed by atoms with Gasteiger partial charge < -0.3 is 16.5 Å². The lowest BCUT2D eigenvalue weighted by Crippen LogP contribution is -2.21. The third kappa shape index (κ3) is 3.59. The van der Waals surface area contributed by atoms with Crippen LogP contribution in [0.2, 0.25) is 5.02 Å². The molecule has 3 nitrogen and oxygen atoms in total. The van der Waals surface area contributed by atoms with E-state index in [9.17, 15) is 4.39 Å². The Balaban J connectivity index is 2.58. The van der Waals surface area contributed by atoms with Crippen molar-refractivity contribution in [2.24, 2.45) is 5.73 Å². The van der Waals surface area contributed by atoms with Gasteiger partial charge in [-0.3, -0.25) is 0 Å². The smallest absolute Gasteiger partial charge is 0.180 e. The zero-order valence-electron chi connectivity index (χ0n) is 7.93. The molecule has 0 radical (unpaired) electrons. The zero-order valence-corrected chi connectivity index (χ0v) is 8.68. The van der Waals surface area contributed by atoms with Gasteiger partial charge in [-0.15, -0.1) is 0 Å². The summed E-state index contributed by atoms with van der Waals surface area (Å²) in [4.78, 5) is 0. The first-order valence-corrected chi connectivity index (χ1v) is 4.65. The quantitative estimate of drug-likeness (QED) is 0.691. The predicted octanol–water partition coefficient (Wildman–Crippen LogP) is 2.18. The number of rotatable bonds is 4. The van der Waals surface area contributed by atoms with Gasteiger partial charge in [-0.25, -0.2) is 4.39 Å². The van der Waals surface area contributed by atoms with Crippen molar-refractivity contribution in [1.29, 1.82) is 5.41 Å². The average molecular weight is 228 g/mol. The van der Waals surface area contributed by atoms with Crippen molar-refractivity contribution in [3.63, 3.8) is 0 Å². The molecule has 0 spiro atoms. The molecule has 4 N–H and O–H groups in total. The summed E-state index contributed by atoms with van der Waals surface area (Å²) in [5.41, 5.74) is 6.25. The first-order chi connectivity index (χ1) is 7.13. The van der Waals surface area contributed by atoms with Crippen LogP contribution >= 0.6 is 11.6 Å². The summed E-state index contributed by atoms with van der Waals surface area (Å²) in [5.74, 6) is -0.913. The van der Waals surface area contributed by atoms with E-state index in [1.807, 2.05) is 12.1 Å². The van der Waals surface area contributed by atoms with Gasteiger partial charge in [-0.2, -0.15) is 0 Å². The molecule has 0 aromatic heterocycles. The summed E-state index contributed by atoms with van der Waals surface area (Å²) in [6.45, 7) is 0.393. The Morgan fingerprint density at radius 2 is 2.07 bits per heavy atom. The van der Waals surface area contributed by atoms with Crippen LogP contribution < -0.4 is 11.1 Å². The molecule has 1 aromatic carbocycles. The van der Waals surface area contributed by atoms with E-state index in [0.717, 1.165) is 5.56 Å². The van der Waals surface area contributed by atoms with Crippen LogP contribution in [0.15, 0.2) is 35.9 Å². The highest BCUT2D eigenvalue weighted by molar-refractivity contribution is 6.30. The fraction of sp³-hybridized carbons (Fsp3) is 0.100. The van der Waals surface area contributed by atoms with Crippen LogP contribution in [0.25, 0.3) is 0 Å². The van der Waals surface area contributed by atoms with Gasteiger partial charge in [0, 0.05) is 11.6 Å². The number of allylic oxidation sites excluding steroid dienone is 1. The van der Waals surface area contributed by atoms with E-state index in [4.69, 9.17) is 22.7 Å². The molecule has 0 aliphatic heterocycles. The molecule has 0 unspecified atom stereocenters. The number of benzene rings is 1. The maximum Gasteiger partial charge on any atom is 0.180 e. The van der Waals surface area contributed by atoms with Crippen LogP contribution in [-0.2, 0) is 6.54 Å². The van der Waals surface area contributed by atoms with E-state index in [0.29, 0.717) is 17.8 Å². The standard InChI is InChI=1S/C10H11ClFN3/c11-8-3-1-7(2-4-8)6-15-10(14)9(12)5-13/h1-5,13,15H,6,14H2/b10-9-,13-5?. The molecule has 0 bridgehead atoms. The van der Waals surface area contributed by atoms with Crippen molar-refractivity contribution in [2.45, 2.75) is 6.54 Å². The molecule has 0 aliphatic rings. The van der Waals surface area contributed by atoms with Gasteiger partial charge >= 0.3 is 0 Å². The van der Waals surface area contributed by atoms with Gasteiger partial charge in [-0.1, -0.05) is 23.7 Å². The van der Waals surface area contributed by atoms with E-state index in [-0.39, 0.29) is 5.82 Å². The molecule has 0 fully saturated rings. The van der Waals surface area contributed by atoms with Crippen molar-refractivity contribution >= 4 is 17.8 Å². The molecule has 5 heteroatoms. The predicted molar refractivity (Wildman–Crippen MR) is 59.4 cm³/mol. The second kappa shape index (κ2) is 5.36. The molecular weight excluding hydrogens is 217 g/mol. The molecule has 0 heterocycles. The van der Waals surface area contributed by atoms with Crippen LogP contribution in [0.1, 0.15) is 5.56 Å². The van der Waals surface area contributed by atoms with Gasteiger partial charge in [0.1, 0.15) is 5.82 Å². The third-order valence-corrected chi connectivity index (χ3v) is 2.03. The topological polar surface area (TPSA) is 61.9 Å². The second-order valence-electron chi connectivity index (χ2n) is 2.89. The lowest BCUT2D eigenvalue weighted by molar-refractivity contribution is 0.641. The maximum atomic E-state index is 12.7. The minimum Gasteiger partial charge on any atom is -0.383 e. The van der Waals surface area contributed by atoms with Crippen LogP contribution in [0.3, 0.4) is 0 Å². The number of nitrogens with one attached hydrogen (secondary N) is 2. The van der Waals surface area contributed by atoms with Gasteiger partial charge in [0.15, 0.2) is 5.83 Å². The van der Waals surface area contributed by atoms with Crippen LogP contribution in [0.5, 0.6) is 0 Å². The van der Waals surface area contributed by atoms with E-state index in [2.05, 4.69) is 5.32 Å². The summed E-state index contributed by atoms with van der Waals surface area (Å²) in [5, 5.41) is 9.96. The molecule has 80 valence electrons. The highest BCUT2D eigenvalue weighted by Gasteiger charge is 1.98. The SMILES string of the molecule is N=C/C(F)=C(\N)NCc1ccc(Cl)cc1. The lowest BCUT2D eigenvalue weighted by Gasteiger charge is -2.06. The molecule has 0 atom stereocenters. The van der Waals surface area contributed by atoms with Gasteiger partial charge in [0.25, 0.3) is 0 Å². The molecular formula is C10H11ClFN3. The summed E-state index contributed by atoms with van der Waals surface area (Å²) >= 11 is 5.70. The minimum atomic E-state index is -0.774. The van der Waals surface area contributed by atoms with Crippen molar-refractivity contribution in [1.82, 2.24) is 5.32 Å². The van der Waals surface area contributed by atoms with Gasteiger partial charge in [0.05, 0.1) is 6.21 Å². The number of halogens is 2. The van der Waals surface area contributed by atoms with Crippen LogP contribution in [-0.4, -0.2) is 6.21 Å². The summed E-state index contributed by atoms with van der Waals surface area (Å²) < 4.78 is 12.7. The average Bonchev–Trinajstić information content (AvgIpc) is 2.26. The first kappa shape index (κ1) is 11.5. The van der Waals surface area contributed by atoms with Crippen LogP contribution in [0.4, 0.5) is 4.39 Å². The molecule has 0 saturated heterocycles. The fourth-order valence-electron chi connectivity index (χ4n) is 0.962. The summed E-state index contributed by atoms with van der Waals surface area (Å²) in [6.07, 6.45) is 0.560. The van der Waals surface area contributed by atoms with Crippen molar-refractivity contribution < 1.29 is 4.39 Å². The molecule has 1 aromatic rings. The van der Waals surface area contributed by atoms with Gasteiger partial charge in [-0.05, 0) is 17.7 Å². The largest absolute Gasteiger partial charge is 0.383 e. The molecule has 0 amide bonds. The molecule has 0 aliphatic carbocycles. The number of hydrogen-bond acceptors (Lipinski definition) is 3. The van der Waals surface area contributed by atoms with Crippen molar-refractivity contribution in [2.75, 3.05) is 0 Å². The van der Waals surface area contributed by atoms with E-state index in [1.165, 1.54) is 0 Å². The Morgan fingerprint density at radius 1 is 1.47 bits per heavy atom. The summed E-state index contributed by atoms with van der Waals surface area (Å²) in [7, 11) is 0. The Hall–Kier alpha value is -1.55. The molecule has 1 rings (SSSR count). The van der Waals surface area contributed by atoms with E-state index < -0.39 is 5.83 Å². The Labute approximate surface area is 92.2 Å². The van der Waals surface area contributed by atoms with E-state index >= 15 is 0 Å².